The second-order valence-electron chi connectivity index (χ2n) is 2.61. The van der Waals surface area contributed by atoms with Gasteiger partial charge in [0.1, 0.15) is 11.5 Å². The molecule has 0 amide bonds. The van der Waals surface area contributed by atoms with E-state index < -0.39 is 22.7 Å². The number of nitrogen functional groups attached to an aromatic ring is 1. The topological polar surface area (TPSA) is 65.2 Å². The van der Waals surface area contributed by atoms with Crippen molar-refractivity contribution in [3.8, 4) is 0 Å². The molecule has 4 nitrogen and oxygen atoms in total. The zero-order chi connectivity index (χ0) is 12.3. The smallest absolute Gasteiger partial charge is 0.435 e. The Morgan fingerprint density at radius 2 is 2.25 bits per heavy atom. The first-order chi connectivity index (χ1) is 7.36. The summed E-state index contributed by atoms with van der Waals surface area (Å²) in [6, 6.07) is 0. The Morgan fingerprint density at radius 1 is 1.62 bits per heavy atom. The van der Waals surface area contributed by atoms with Crippen LogP contribution >= 0.6 is 11.3 Å². The highest BCUT2D eigenvalue weighted by molar-refractivity contribution is 7.17. The van der Waals surface area contributed by atoms with Crippen LogP contribution in [0.15, 0.2) is 12.7 Å². The molecule has 8 heteroatoms. The van der Waals surface area contributed by atoms with Crippen LogP contribution in [-0.4, -0.2) is 17.6 Å². The Kier molecular flexibility index (Phi) is 3.53. The van der Waals surface area contributed by atoms with Crippen LogP contribution < -0.4 is 5.73 Å². The Hall–Kier alpha value is -1.57. The van der Waals surface area contributed by atoms with Gasteiger partial charge in [-0.3, -0.25) is 0 Å². The SMILES string of the molecule is C=CCOC(=O)c1sc(N)nc1C(F)(F)F. The number of nitrogens with zero attached hydrogens (tertiary/aromatic N) is 1. The quantitative estimate of drug-likeness (QED) is 0.660. The molecule has 0 saturated carbocycles. The second-order valence-corrected chi connectivity index (χ2v) is 3.65. The van der Waals surface area contributed by atoms with Crippen LogP contribution in [0.1, 0.15) is 15.4 Å². The van der Waals surface area contributed by atoms with Gasteiger partial charge in [-0.15, -0.1) is 0 Å². The minimum absolute atomic E-state index is 0.173. The number of aromatic nitrogens is 1. The van der Waals surface area contributed by atoms with Gasteiger partial charge in [0.25, 0.3) is 0 Å². The molecule has 0 saturated heterocycles. The van der Waals surface area contributed by atoms with Gasteiger partial charge in [-0.2, -0.15) is 13.2 Å². The number of nitrogens with two attached hydrogens (primary N) is 1. The lowest BCUT2D eigenvalue weighted by molar-refractivity contribution is -0.141. The Balaban J connectivity index is 3.03. The molecule has 0 fully saturated rings. The van der Waals surface area contributed by atoms with Gasteiger partial charge >= 0.3 is 12.1 Å². The fraction of sp³-hybridized carbons (Fsp3) is 0.250. The molecule has 0 aliphatic rings. The van der Waals surface area contributed by atoms with Crippen LogP contribution in [0.5, 0.6) is 0 Å². The largest absolute Gasteiger partial charge is 0.457 e. The lowest BCUT2D eigenvalue weighted by Crippen LogP contribution is -2.13. The number of carbonyl (C=O) groups excluding carboxylic acids is 1. The molecule has 0 radical (unpaired) electrons. The molecule has 0 aromatic carbocycles. The predicted molar refractivity (Wildman–Crippen MR) is 52.0 cm³/mol. The average molecular weight is 252 g/mol. The number of esters is 1. The van der Waals surface area contributed by atoms with Crippen molar-refractivity contribution in [2.75, 3.05) is 12.3 Å². The summed E-state index contributed by atoms with van der Waals surface area (Å²) in [5.74, 6) is -1.11. The van der Waals surface area contributed by atoms with Crippen molar-refractivity contribution in [3.63, 3.8) is 0 Å². The zero-order valence-corrected chi connectivity index (χ0v) is 8.69. The van der Waals surface area contributed by atoms with Gasteiger partial charge < -0.3 is 10.5 Å². The molecule has 1 aromatic rings. The van der Waals surface area contributed by atoms with Crippen molar-refractivity contribution in [2.24, 2.45) is 0 Å². The van der Waals surface area contributed by atoms with Crippen molar-refractivity contribution in [1.82, 2.24) is 4.98 Å². The van der Waals surface area contributed by atoms with Gasteiger partial charge in [-0.1, -0.05) is 24.0 Å². The maximum atomic E-state index is 12.4. The second kappa shape index (κ2) is 4.52. The molecule has 1 rings (SSSR count). The summed E-state index contributed by atoms with van der Waals surface area (Å²) >= 11 is 0.438. The number of carbonyl (C=O) groups is 1. The first-order valence-corrected chi connectivity index (χ1v) is 4.79. The van der Waals surface area contributed by atoms with E-state index in [4.69, 9.17) is 5.73 Å². The van der Waals surface area contributed by atoms with Gasteiger partial charge in [-0.05, 0) is 0 Å². The Morgan fingerprint density at radius 3 is 2.75 bits per heavy atom. The molecule has 0 aliphatic heterocycles. The lowest BCUT2D eigenvalue weighted by Gasteiger charge is -2.05. The number of rotatable bonds is 3. The Labute approximate surface area is 92.5 Å². The van der Waals surface area contributed by atoms with Crippen molar-refractivity contribution >= 4 is 22.4 Å². The van der Waals surface area contributed by atoms with Crippen LogP contribution in [0.4, 0.5) is 18.3 Å². The normalized spacial score (nSPS) is 11.2. The van der Waals surface area contributed by atoms with E-state index in [-0.39, 0.29) is 11.7 Å². The van der Waals surface area contributed by atoms with E-state index in [0.29, 0.717) is 11.3 Å². The molecular weight excluding hydrogens is 245 g/mol. The number of alkyl halides is 3. The summed E-state index contributed by atoms with van der Waals surface area (Å²) in [4.78, 5) is 13.6. The molecule has 16 heavy (non-hydrogen) atoms. The van der Waals surface area contributed by atoms with E-state index in [1.54, 1.807) is 0 Å². The molecule has 0 unspecified atom stereocenters. The standard InChI is InChI=1S/C8H7F3N2O2S/c1-2-3-15-6(14)4-5(8(9,10)11)13-7(12)16-4/h2H,1,3H2,(H2,12,13). The van der Waals surface area contributed by atoms with E-state index in [1.165, 1.54) is 6.08 Å². The van der Waals surface area contributed by atoms with E-state index in [2.05, 4.69) is 16.3 Å². The lowest BCUT2D eigenvalue weighted by atomic mass is 10.3. The molecule has 0 bridgehead atoms. The van der Waals surface area contributed by atoms with E-state index >= 15 is 0 Å². The van der Waals surface area contributed by atoms with Crippen LogP contribution in [0.3, 0.4) is 0 Å². The molecule has 1 aromatic heterocycles. The number of hydrogen-bond donors (Lipinski definition) is 1. The number of ether oxygens (including phenoxy) is 1. The average Bonchev–Trinajstić information content (AvgIpc) is 2.56. The Bertz CT molecular complexity index is 414. The van der Waals surface area contributed by atoms with Gasteiger partial charge in [0.05, 0.1) is 0 Å². The number of anilines is 1. The fourth-order valence-corrected chi connectivity index (χ4v) is 1.61. The van der Waals surface area contributed by atoms with Gasteiger partial charge in [-0.25, -0.2) is 9.78 Å². The van der Waals surface area contributed by atoms with Gasteiger partial charge in [0.15, 0.2) is 10.8 Å². The third kappa shape index (κ3) is 2.72. The van der Waals surface area contributed by atoms with E-state index in [1.807, 2.05) is 0 Å². The van der Waals surface area contributed by atoms with Crippen molar-refractivity contribution in [2.45, 2.75) is 6.18 Å². The summed E-state index contributed by atoms with van der Waals surface area (Å²) in [6.45, 7) is 3.09. The summed E-state index contributed by atoms with van der Waals surface area (Å²) in [7, 11) is 0. The van der Waals surface area contributed by atoms with E-state index in [0.717, 1.165) is 0 Å². The zero-order valence-electron chi connectivity index (χ0n) is 7.87. The minimum Gasteiger partial charge on any atom is -0.457 e. The molecule has 0 atom stereocenters. The molecule has 1 heterocycles. The van der Waals surface area contributed by atoms with E-state index in [9.17, 15) is 18.0 Å². The summed E-state index contributed by atoms with van der Waals surface area (Å²) in [5, 5.41) is -0.335. The molecule has 2 N–H and O–H groups in total. The monoisotopic (exact) mass is 252 g/mol. The fourth-order valence-electron chi connectivity index (χ4n) is 0.867. The molecule has 0 aliphatic carbocycles. The van der Waals surface area contributed by atoms with Crippen molar-refractivity contribution in [3.05, 3.63) is 23.2 Å². The first kappa shape index (κ1) is 12.5. The number of halogens is 3. The maximum Gasteiger partial charge on any atom is 0.435 e. The highest BCUT2D eigenvalue weighted by atomic mass is 32.1. The molecule has 88 valence electrons. The van der Waals surface area contributed by atoms with Crippen molar-refractivity contribution in [1.29, 1.82) is 0 Å². The highest BCUT2D eigenvalue weighted by Gasteiger charge is 2.39. The predicted octanol–water partition coefficient (Wildman–Crippen LogP) is 2.09. The van der Waals surface area contributed by atoms with Crippen LogP contribution in [0.2, 0.25) is 0 Å². The van der Waals surface area contributed by atoms with Crippen LogP contribution in [-0.2, 0) is 10.9 Å². The minimum atomic E-state index is -4.73. The van der Waals surface area contributed by atoms with Gasteiger partial charge in [0.2, 0.25) is 0 Å². The van der Waals surface area contributed by atoms with Gasteiger partial charge in [0, 0.05) is 0 Å². The highest BCUT2D eigenvalue weighted by Crippen LogP contribution is 2.35. The molecule has 0 spiro atoms. The third-order valence-electron chi connectivity index (χ3n) is 1.43. The van der Waals surface area contributed by atoms with Crippen molar-refractivity contribution < 1.29 is 22.7 Å². The molecular formula is C8H7F3N2O2S. The maximum absolute atomic E-state index is 12.4. The summed E-state index contributed by atoms with van der Waals surface area (Å²) < 4.78 is 41.7. The van der Waals surface area contributed by atoms with Crippen LogP contribution in [0.25, 0.3) is 0 Å². The number of thiazole rings is 1. The first-order valence-electron chi connectivity index (χ1n) is 3.97. The third-order valence-corrected chi connectivity index (χ3v) is 2.29. The summed E-state index contributed by atoms with van der Waals surface area (Å²) in [5.41, 5.74) is 3.81. The number of hydrogen-bond acceptors (Lipinski definition) is 5. The van der Waals surface area contributed by atoms with Crippen LogP contribution in [0, 0.1) is 0 Å². The summed E-state index contributed by atoms with van der Waals surface area (Å²) in [6.07, 6.45) is -3.48.